The molecule has 0 saturated carbocycles. The van der Waals surface area contributed by atoms with Crippen LogP contribution in [0, 0.1) is 6.92 Å². The van der Waals surface area contributed by atoms with Crippen LogP contribution in [0.4, 0.5) is 0 Å². The summed E-state index contributed by atoms with van der Waals surface area (Å²) < 4.78 is 6.32. The first kappa shape index (κ1) is 22.6. The molecule has 7 heteroatoms. The summed E-state index contributed by atoms with van der Waals surface area (Å²) in [4.78, 5) is 14.8. The van der Waals surface area contributed by atoms with Crippen molar-refractivity contribution in [3.05, 3.63) is 63.6 Å². The van der Waals surface area contributed by atoms with Gasteiger partial charge in [0.05, 0.1) is 25.1 Å². The van der Waals surface area contributed by atoms with Gasteiger partial charge in [0.15, 0.2) is 5.17 Å². The van der Waals surface area contributed by atoms with Crippen molar-refractivity contribution in [3.63, 3.8) is 0 Å². The highest BCUT2D eigenvalue weighted by molar-refractivity contribution is 9.10. The predicted molar refractivity (Wildman–Crippen MR) is 128 cm³/mol. The second-order valence-electron chi connectivity index (χ2n) is 7.11. The van der Waals surface area contributed by atoms with E-state index in [1.807, 2.05) is 30.3 Å². The van der Waals surface area contributed by atoms with E-state index < -0.39 is 0 Å². The maximum absolute atomic E-state index is 13.1. The van der Waals surface area contributed by atoms with E-state index in [0.29, 0.717) is 11.7 Å². The second-order valence-corrected chi connectivity index (χ2v) is 9.20. The largest absolute Gasteiger partial charge is 0.496 e. The van der Waals surface area contributed by atoms with E-state index in [1.165, 1.54) is 11.8 Å². The van der Waals surface area contributed by atoms with Gasteiger partial charge in [-0.25, -0.2) is 0 Å². The number of halogens is 1. The monoisotopic (exact) mass is 487 g/mol. The number of hydrogen-bond donors (Lipinski definition) is 0. The highest BCUT2D eigenvalue weighted by atomic mass is 79.9. The lowest BCUT2D eigenvalue weighted by Gasteiger charge is -2.17. The van der Waals surface area contributed by atoms with E-state index in [-0.39, 0.29) is 11.2 Å². The van der Waals surface area contributed by atoms with E-state index in [2.05, 4.69) is 52.1 Å². The van der Waals surface area contributed by atoms with Crippen molar-refractivity contribution in [2.45, 2.75) is 44.9 Å². The number of carbonyl (C=O) groups is 1. The average Bonchev–Trinajstić information content (AvgIpc) is 3.03. The van der Waals surface area contributed by atoms with Gasteiger partial charge in [-0.15, -0.1) is 5.10 Å². The Hall–Kier alpha value is -2.12. The first-order chi connectivity index (χ1) is 14.5. The molecule has 1 amide bonds. The zero-order valence-electron chi connectivity index (χ0n) is 17.5. The third-order valence-corrected chi connectivity index (χ3v) is 6.69. The molecule has 1 fully saturated rings. The number of ether oxygens (including phenoxy) is 1. The molecule has 0 radical (unpaired) electrons. The number of aryl methyl sites for hydroxylation is 1. The van der Waals surface area contributed by atoms with Gasteiger partial charge in [-0.2, -0.15) is 5.10 Å². The Balaban J connectivity index is 1.86. The van der Waals surface area contributed by atoms with Crippen LogP contribution >= 0.6 is 27.7 Å². The third-order valence-electron chi connectivity index (χ3n) is 4.96. The summed E-state index contributed by atoms with van der Waals surface area (Å²) in [5, 5.41) is 9.26. The molecule has 158 valence electrons. The molecule has 2 aromatic rings. The third kappa shape index (κ3) is 5.52. The molecule has 0 spiro atoms. The van der Waals surface area contributed by atoms with Crippen LogP contribution in [-0.2, 0) is 11.3 Å². The van der Waals surface area contributed by atoms with Crippen LogP contribution in [0.25, 0.3) is 0 Å². The number of rotatable bonds is 8. The number of amides is 1. The smallest absolute Gasteiger partial charge is 0.242 e. The lowest BCUT2D eigenvalue weighted by molar-refractivity contribution is -0.126. The Morgan fingerprint density at radius 3 is 2.80 bits per heavy atom. The Bertz CT molecular complexity index is 961. The topological polar surface area (TPSA) is 54.3 Å². The van der Waals surface area contributed by atoms with Crippen LogP contribution in [0.15, 0.2) is 57.1 Å². The first-order valence-corrected chi connectivity index (χ1v) is 11.7. The molecule has 3 rings (SSSR count). The van der Waals surface area contributed by atoms with Crippen molar-refractivity contribution >= 4 is 45.0 Å². The number of methoxy groups -OCH3 is 1. The van der Waals surface area contributed by atoms with Crippen molar-refractivity contribution in [1.29, 1.82) is 0 Å². The summed E-state index contributed by atoms with van der Waals surface area (Å²) >= 11 is 4.98. The summed E-state index contributed by atoms with van der Waals surface area (Å²) in [7, 11) is 1.63. The zero-order valence-corrected chi connectivity index (χ0v) is 19.9. The van der Waals surface area contributed by atoms with Crippen molar-refractivity contribution in [3.8, 4) is 5.75 Å². The first-order valence-electron chi connectivity index (χ1n) is 10.0. The molecule has 0 bridgehead atoms. The maximum atomic E-state index is 13.1. The minimum Gasteiger partial charge on any atom is -0.496 e. The molecule has 1 aliphatic heterocycles. The molecular formula is C23H26BrN3O2S. The van der Waals surface area contributed by atoms with Crippen LogP contribution in [0.1, 0.15) is 42.9 Å². The fraction of sp³-hybridized carbons (Fsp3) is 0.348. The highest BCUT2D eigenvalue weighted by Gasteiger charge is 2.37. The number of thioether (sulfide) groups is 1. The van der Waals surface area contributed by atoms with Crippen LogP contribution in [0.5, 0.6) is 5.75 Å². The van der Waals surface area contributed by atoms with Crippen LogP contribution in [0.3, 0.4) is 0 Å². The zero-order chi connectivity index (χ0) is 21.5. The Morgan fingerprint density at radius 2 is 2.07 bits per heavy atom. The summed E-state index contributed by atoms with van der Waals surface area (Å²) in [6.07, 6.45) is 4.60. The predicted octanol–water partition coefficient (Wildman–Crippen LogP) is 5.79. The van der Waals surface area contributed by atoms with Crippen molar-refractivity contribution in [1.82, 2.24) is 4.90 Å². The number of carbonyl (C=O) groups excluding carboxylic acids is 1. The quantitative estimate of drug-likeness (QED) is 0.349. The molecule has 1 heterocycles. The van der Waals surface area contributed by atoms with Gasteiger partial charge in [0.25, 0.3) is 0 Å². The molecule has 1 aliphatic rings. The number of nitrogens with zero attached hydrogens (tertiary/aromatic N) is 3. The van der Waals surface area contributed by atoms with Crippen molar-refractivity contribution in [2.75, 3.05) is 7.11 Å². The standard InChI is InChI=1S/C23H26BrN3O2S/c1-4-5-10-21-22(28)27(15-17-9-7-6-8-16(17)2)23(30-21)26-25-14-18-13-19(24)11-12-20(18)29-3/h6-9,11-14,21H,4-5,10,15H2,1-3H3/b25-14-,26-23-/t21-/m0/s1. The minimum absolute atomic E-state index is 0.0941. The molecule has 30 heavy (non-hydrogen) atoms. The number of unbranched alkanes of at least 4 members (excludes halogenated alkanes) is 1. The lowest BCUT2D eigenvalue weighted by atomic mass is 10.1. The molecule has 0 N–H and O–H groups in total. The van der Waals surface area contributed by atoms with Gasteiger partial charge in [0.1, 0.15) is 5.75 Å². The molecule has 2 aromatic carbocycles. The molecule has 0 aromatic heterocycles. The van der Waals surface area contributed by atoms with E-state index in [0.717, 1.165) is 46.2 Å². The van der Waals surface area contributed by atoms with Gasteiger partial charge in [0.2, 0.25) is 5.91 Å². The second kappa shape index (κ2) is 10.8. The number of benzene rings is 2. The molecule has 0 unspecified atom stereocenters. The Labute approximate surface area is 190 Å². The Morgan fingerprint density at radius 1 is 1.27 bits per heavy atom. The highest BCUT2D eigenvalue weighted by Crippen LogP contribution is 2.32. The van der Waals surface area contributed by atoms with E-state index in [9.17, 15) is 4.79 Å². The maximum Gasteiger partial charge on any atom is 0.242 e. The summed E-state index contributed by atoms with van der Waals surface area (Å²) in [5.74, 6) is 0.834. The van der Waals surface area contributed by atoms with Crippen LogP contribution in [-0.4, -0.2) is 34.5 Å². The number of amidine groups is 1. The average molecular weight is 488 g/mol. The summed E-state index contributed by atoms with van der Waals surface area (Å²) in [6, 6.07) is 13.8. The van der Waals surface area contributed by atoms with Gasteiger partial charge in [-0.05, 0) is 42.7 Å². The molecule has 1 atom stereocenters. The van der Waals surface area contributed by atoms with Crippen molar-refractivity contribution < 1.29 is 9.53 Å². The molecular weight excluding hydrogens is 462 g/mol. The SMILES string of the molecule is CCCC[C@@H]1S/C(=N\N=C/c2cc(Br)ccc2OC)N(Cc2ccccc2C)C1=O. The minimum atomic E-state index is -0.0941. The normalized spacial score (nSPS) is 18.0. The van der Waals surface area contributed by atoms with Gasteiger partial charge >= 0.3 is 0 Å². The summed E-state index contributed by atoms with van der Waals surface area (Å²) in [5.41, 5.74) is 3.10. The molecule has 0 aliphatic carbocycles. The van der Waals surface area contributed by atoms with Crippen LogP contribution in [0.2, 0.25) is 0 Å². The van der Waals surface area contributed by atoms with E-state index in [1.54, 1.807) is 18.2 Å². The fourth-order valence-electron chi connectivity index (χ4n) is 3.21. The van der Waals surface area contributed by atoms with E-state index >= 15 is 0 Å². The summed E-state index contributed by atoms with van der Waals surface area (Å²) in [6.45, 7) is 4.71. The number of hydrogen-bond acceptors (Lipinski definition) is 5. The van der Waals surface area contributed by atoms with Gasteiger partial charge < -0.3 is 4.74 Å². The van der Waals surface area contributed by atoms with Gasteiger partial charge in [-0.3, -0.25) is 9.69 Å². The van der Waals surface area contributed by atoms with Crippen molar-refractivity contribution in [2.24, 2.45) is 10.2 Å². The fourth-order valence-corrected chi connectivity index (χ4v) is 4.73. The molecule has 5 nitrogen and oxygen atoms in total. The van der Waals surface area contributed by atoms with Gasteiger partial charge in [-0.1, -0.05) is 71.7 Å². The van der Waals surface area contributed by atoms with Crippen LogP contribution < -0.4 is 4.74 Å². The van der Waals surface area contributed by atoms with Gasteiger partial charge in [0, 0.05) is 10.0 Å². The Kier molecular flexibility index (Phi) is 8.10. The molecule has 1 saturated heterocycles. The lowest BCUT2D eigenvalue weighted by Crippen LogP contribution is -2.31. The van der Waals surface area contributed by atoms with E-state index in [4.69, 9.17) is 4.74 Å².